The molecule has 23 nitrogen and oxygen atoms in total. The number of rotatable bonds is 23. The van der Waals surface area contributed by atoms with Crippen LogP contribution in [0.2, 0.25) is 5.02 Å². The zero-order valence-electron chi connectivity index (χ0n) is 51.9. The monoisotopic (exact) mass is 1210 g/mol. The number of fused-ring (bicyclic) bond motifs is 1. The molecule has 4 fully saturated rings. The number of benzene rings is 1. The third-order valence-corrected chi connectivity index (χ3v) is 18.0. The lowest BCUT2D eigenvalue weighted by Gasteiger charge is -2.49. The molecule has 8 N–H and O–H groups in total. The van der Waals surface area contributed by atoms with Gasteiger partial charge in [0, 0.05) is 68.8 Å². The van der Waals surface area contributed by atoms with Crippen molar-refractivity contribution in [3.63, 3.8) is 0 Å². The SMILES string of the molecule is CC[C@@H]1OC(=O)[C@H](C)[C@@H](O[C@H]2C[C@@](C)(OC)[C@@H](OC(=O)CNCCCNCCOCCNc3cc4c(=O)c(C(=O)O)cn(C5CC5)c4cc3Cl)[C@H](C)O2)[C@@H](C)[C@@H](O[C@@H]2O[C@H](C)C[C@H](N(C)C)[C@H]2O)[C@](C)(O)C[C@@H](C)CN(C)[C@H](C)[C@@H](O)[C@]1(C)O. The van der Waals surface area contributed by atoms with E-state index in [9.17, 15) is 44.7 Å². The minimum absolute atomic E-state index is 0.0452. The highest BCUT2D eigenvalue weighted by atomic mass is 35.5. The topological polar surface area (TPSA) is 291 Å². The average molecular weight is 1210 g/mol. The van der Waals surface area contributed by atoms with E-state index in [1.807, 2.05) is 49.4 Å². The number of hydrogen-bond donors (Lipinski definition) is 8. The smallest absolute Gasteiger partial charge is 0.341 e. The number of carbonyl (C=O) groups excluding carboxylic acids is 2. The van der Waals surface area contributed by atoms with E-state index in [0.29, 0.717) is 80.4 Å². The number of halogens is 1. The molecular formula is C60H99ClN6O17. The number of hydrogen-bond acceptors (Lipinski definition) is 21. The van der Waals surface area contributed by atoms with E-state index in [-0.39, 0.29) is 55.5 Å². The molecule has 0 spiro atoms. The molecule has 1 aromatic carbocycles. The number of aliphatic hydroxyl groups is 4. The van der Waals surface area contributed by atoms with Gasteiger partial charge in [-0.3, -0.25) is 14.4 Å². The molecule has 0 unspecified atom stereocenters. The molecule has 0 radical (unpaired) electrons. The normalized spacial score (nSPS) is 36.0. The number of aromatic nitrogens is 1. The summed E-state index contributed by atoms with van der Waals surface area (Å²) >= 11 is 6.58. The largest absolute Gasteiger partial charge is 0.477 e. The van der Waals surface area contributed by atoms with Crippen molar-refractivity contribution >= 4 is 46.1 Å². The molecule has 4 aliphatic rings. The number of ether oxygens (including phenoxy) is 8. The Kier molecular flexibility index (Phi) is 24.9. The molecule has 3 saturated heterocycles. The first kappa shape index (κ1) is 69.5. The molecule has 2 aromatic rings. The lowest BCUT2D eigenvalue weighted by atomic mass is 9.77. The molecular weight excluding hydrogens is 1110 g/mol. The van der Waals surface area contributed by atoms with Crippen LogP contribution in [0.3, 0.4) is 0 Å². The molecule has 1 aromatic heterocycles. The van der Waals surface area contributed by atoms with Crippen LogP contribution < -0.4 is 21.4 Å². The van der Waals surface area contributed by atoms with Crippen LogP contribution in [-0.4, -0.2) is 229 Å². The molecule has 3 aliphatic heterocycles. The fourth-order valence-electron chi connectivity index (χ4n) is 12.6. The number of anilines is 1. The number of nitrogens with one attached hydrogen (secondary N) is 3. The molecule has 0 amide bonds. The number of methoxy groups -OCH3 is 1. The number of aliphatic hydroxyl groups excluding tert-OH is 2. The van der Waals surface area contributed by atoms with Gasteiger partial charge in [-0.2, -0.15) is 0 Å². The second-order valence-electron chi connectivity index (χ2n) is 25.1. The van der Waals surface area contributed by atoms with Gasteiger partial charge >= 0.3 is 17.9 Å². The van der Waals surface area contributed by atoms with Gasteiger partial charge in [-0.05, 0) is 139 Å². The fourth-order valence-corrected chi connectivity index (χ4v) is 12.8. The number of cyclic esters (lactones) is 1. The summed E-state index contributed by atoms with van der Waals surface area (Å²) in [5, 5.41) is 68.2. The van der Waals surface area contributed by atoms with E-state index in [1.54, 1.807) is 60.6 Å². The quantitative estimate of drug-likeness (QED) is 0.0573. The van der Waals surface area contributed by atoms with Crippen LogP contribution in [-0.2, 0) is 47.5 Å². The minimum atomic E-state index is -1.86. The van der Waals surface area contributed by atoms with Gasteiger partial charge in [-0.1, -0.05) is 32.4 Å². The van der Waals surface area contributed by atoms with Crippen molar-refractivity contribution in [2.75, 3.05) is 86.1 Å². The second-order valence-corrected chi connectivity index (χ2v) is 25.5. The van der Waals surface area contributed by atoms with Gasteiger partial charge in [0.05, 0.1) is 71.9 Å². The number of nitrogens with zero attached hydrogens (tertiary/aromatic N) is 3. The van der Waals surface area contributed by atoms with Crippen molar-refractivity contribution in [1.29, 1.82) is 0 Å². The van der Waals surface area contributed by atoms with Crippen molar-refractivity contribution in [2.45, 2.75) is 211 Å². The summed E-state index contributed by atoms with van der Waals surface area (Å²) in [6.07, 6.45) is -5.12. The Morgan fingerprint density at radius 1 is 0.917 bits per heavy atom. The number of carboxylic acids is 1. The fraction of sp³-hybridized carbons (Fsp3) is 0.800. The third-order valence-electron chi connectivity index (χ3n) is 17.7. The zero-order chi connectivity index (χ0) is 62.2. The first-order valence-corrected chi connectivity index (χ1v) is 30.4. The van der Waals surface area contributed by atoms with Crippen LogP contribution >= 0.6 is 11.6 Å². The predicted molar refractivity (Wildman–Crippen MR) is 316 cm³/mol. The zero-order valence-corrected chi connectivity index (χ0v) is 52.7. The van der Waals surface area contributed by atoms with Gasteiger partial charge in [0.15, 0.2) is 18.7 Å². The summed E-state index contributed by atoms with van der Waals surface area (Å²) in [6, 6.07) is 2.54. The molecule has 478 valence electrons. The van der Waals surface area contributed by atoms with Crippen molar-refractivity contribution in [1.82, 2.24) is 25.0 Å². The highest BCUT2D eigenvalue weighted by molar-refractivity contribution is 6.34. The van der Waals surface area contributed by atoms with Gasteiger partial charge in [0.1, 0.15) is 35.1 Å². The van der Waals surface area contributed by atoms with Crippen LogP contribution in [0.4, 0.5) is 5.69 Å². The molecule has 84 heavy (non-hydrogen) atoms. The summed E-state index contributed by atoms with van der Waals surface area (Å²) in [5.74, 6) is -4.65. The van der Waals surface area contributed by atoms with E-state index < -0.39 is 113 Å². The van der Waals surface area contributed by atoms with Crippen LogP contribution in [0.25, 0.3) is 10.9 Å². The summed E-state index contributed by atoms with van der Waals surface area (Å²) in [7, 11) is 7.08. The van der Waals surface area contributed by atoms with Crippen molar-refractivity contribution in [3.8, 4) is 0 Å². The number of aromatic carboxylic acids is 1. The molecule has 18 atom stereocenters. The predicted octanol–water partition coefficient (Wildman–Crippen LogP) is 4.15. The summed E-state index contributed by atoms with van der Waals surface area (Å²) in [4.78, 5) is 56.7. The van der Waals surface area contributed by atoms with E-state index in [4.69, 9.17) is 49.5 Å². The minimum Gasteiger partial charge on any atom is -0.477 e. The standard InChI is InChI=1S/C60H99ClN6O17/c1-15-46-60(10,76)52(71)37(6)66(13)31-33(2)28-58(8,75)53(84-57-50(70)45(65(11)12)25-34(3)79-57)35(4)51(36(5)56(74)81-46)83-48-29-59(9,77-14)54(38(7)80-48)82-47(68)30-63-20-16-19-62-21-23-78-24-22-64-43-26-40-44(27-42(43)61)67(39-17-18-39)32-41(49(40)69)55(72)73/h26-27,32-39,45-46,48,50-54,57,62-64,70-71,75-76H,15-25,28-31H2,1-14H3,(H,72,73)/t33-,34-,35-,36-,37-,38+,45+,46+,48+,50-,51+,52-,53-,54+,57+,58-,59-,60-/m1/s1. The van der Waals surface area contributed by atoms with E-state index in [0.717, 1.165) is 12.8 Å². The van der Waals surface area contributed by atoms with E-state index >= 15 is 0 Å². The van der Waals surface area contributed by atoms with Gasteiger partial charge in [0.25, 0.3) is 0 Å². The lowest BCUT2D eigenvalue weighted by Crippen LogP contribution is -2.61. The maximum absolute atomic E-state index is 14.6. The number of esters is 2. The highest BCUT2D eigenvalue weighted by Gasteiger charge is 2.54. The molecule has 6 rings (SSSR count). The molecule has 4 heterocycles. The average Bonchev–Trinajstić information content (AvgIpc) is 2.07. The van der Waals surface area contributed by atoms with Gasteiger partial charge in [-0.25, -0.2) is 4.79 Å². The van der Waals surface area contributed by atoms with Gasteiger partial charge < -0.3 is 93.7 Å². The summed E-state index contributed by atoms with van der Waals surface area (Å²) in [6.45, 7) is 20.8. The van der Waals surface area contributed by atoms with Crippen LogP contribution in [0, 0.1) is 17.8 Å². The van der Waals surface area contributed by atoms with Crippen molar-refractivity contribution in [2.24, 2.45) is 17.8 Å². The number of likely N-dealkylation sites (N-methyl/N-ethyl adjacent to an activating group) is 2. The van der Waals surface area contributed by atoms with E-state index in [2.05, 4.69) is 16.0 Å². The Hall–Kier alpha value is -3.63. The van der Waals surface area contributed by atoms with Crippen molar-refractivity contribution in [3.05, 3.63) is 39.1 Å². The molecule has 24 heteroatoms. The summed E-state index contributed by atoms with van der Waals surface area (Å²) < 4.78 is 52.5. The van der Waals surface area contributed by atoms with Crippen molar-refractivity contribution < 1.29 is 77.8 Å². The van der Waals surface area contributed by atoms with Crippen LogP contribution in [0.1, 0.15) is 131 Å². The first-order chi connectivity index (χ1) is 39.5. The molecule has 0 bridgehead atoms. The third kappa shape index (κ3) is 17.2. The number of carboxylic acid groups (broad SMARTS) is 1. The van der Waals surface area contributed by atoms with Crippen LogP contribution in [0.15, 0.2) is 23.1 Å². The molecule has 1 saturated carbocycles. The second kappa shape index (κ2) is 30.0. The van der Waals surface area contributed by atoms with Gasteiger partial charge in [-0.15, -0.1) is 0 Å². The Balaban J connectivity index is 1.04. The van der Waals surface area contributed by atoms with E-state index in [1.165, 1.54) is 20.2 Å². The first-order valence-electron chi connectivity index (χ1n) is 30.0. The van der Waals surface area contributed by atoms with Crippen LogP contribution in [0.5, 0.6) is 0 Å². The Labute approximate surface area is 500 Å². The summed E-state index contributed by atoms with van der Waals surface area (Å²) in [5.41, 5.74) is -4.35. The maximum Gasteiger partial charge on any atom is 0.341 e. The Bertz CT molecular complexity index is 2550. The Morgan fingerprint density at radius 2 is 1.60 bits per heavy atom. The molecule has 1 aliphatic carbocycles. The number of pyridine rings is 1. The number of carbonyl (C=O) groups is 3. The highest BCUT2D eigenvalue weighted by Crippen LogP contribution is 2.42. The maximum atomic E-state index is 14.6. The Morgan fingerprint density at radius 3 is 2.24 bits per heavy atom. The lowest BCUT2D eigenvalue weighted by molar-refractivity contribution is -0.318. The van der Waals surface area contributed by atoms with Gasteiger partial charge in [0.2, 0.25) is 5.43 Å².